The molecule has 1 aliphatic heterocycles. The molecule has 1 aromatic heterocycles. The Bertz CT molecular complexity index is 976. The molecular weight excluding hydrogens is 474 g/mol. The van der Waals surface area contributed by atoms with Crippen LogP contribution in [0.3, 0.4) is 0 Å². The van der Waals surface area contributed by atoms with E-state index in [4.69, 9.17) is 18.9 Å². The fourth-order valence-corrected chi connectivity index (χ4v) is 3.80. The summed E-state index contributed by atoms with van der Waals surface area (Å²) in [6.07, 6.45) is -3.90. The van der Waals surface area contributed by atoms with Crippen LogP contribution in [0.25, 0.3) is 11.3 Å². The Kier molecular flexibility index (Phi) is 7.06. The number of esters is 3. The van der Waals surface area contributed by atoms with Gasteiger partial charge in [-0.3, -0.25) is 14.4 Å². The molecule has 1 saturated heterocycles. The number of hydrogen-bond acceptors (Lipinski definition) is 9. The van der Waals surface area contributed by atoms with Gasteiger partial charge in [0.05, 0.1) is 0 Å². The van der Waals surface area contributed by atoms with Gasteiger partial charge in [0.25, 0.3) is 0 Å². The van der Waals surface area contributed by atoms with E-state index in [-0.39, 0.29) is 6.61 Å². The molecule has 1 aliphatic rings. The molecule has 11 heteroatoms. The first-order valence-corrected chi connectivity index (χ1v) is 10.3. The van der Waals surface area contributed by atoms with Crippen LogP contribution >= 0.6 is 15.9 Å². The second-order valence-corrected chi connectivity index (χ2v) is 7.81. The summed E-state index contributed by atoms with van der Waals surface area (Å²) in [5, 5.41) is 8.36. The van der Waals surface area contributed by atoms with Crippen LogP contribution in [-0.2, 0) is 33.3 Å². The molecular formula is C20H22BrN3O7. The number of hydrogen-bond donors (Lipinski definition) is 0. The lowest BCUT2D eigenvalue weighted by molar-refractivity contribution is -0.166. The van der Waals surface area contributed by atoms with Crippen molar-refractivity contribution in [3.8, 4) is 11.3 Å². The molecule has 0 aliphatic carbocycles. The Morgan fingerprint density at radius 2 is 1.65 bits per heavy atom. The van der Waals surface area contributed by atoms with Crippen molar-refractivity contribution in [1.82, 2.24) is 15.0 Å². The van der Waals surface area contributed by atoms with Gasteiger partial charge in [0, 0.05) is 26.3 Å². The second-order valence-electron chi connectivity index (χ2n) is 7.06. The van der Waals surface area contributed by atoms with Crippen molar-refractivity contribution >= 4 is 33.8 Å². The standard InChI is InChI=1S/C20H22BrN3O7/c1-10-5-7-14(8-6-10)16-19(21)24(23-22-16)20-18(30-13(4)27)17(29-12(3)26)15(31-20)9-28-11(2)25/h5-8,15,17-18,20H,9H2,1-4H3/t15-,17-,18-,20-/m1/s1. The third-order valence-electron chi connectivity index (χ3n) is 4.54. The summed E-state index contributed by atoms with van der Waals surface area (Å²) in [7, 11) is 0. The Labute approximate surface area is 186 Å². The molecule has 0 unspecified atom stereocenters. The lowest BCUT2D eigenvalue weighted by Crippen LogP contribution is -2.40. The predicted octanol–water partition coefficient (Wildman–Crippen LogP) is 2.34. The van der Waals surface area contributed by atoms with Crippen molar-refractivity contribution in [2.45, 2.75) is 52.2 Å². The summed E-state index contributed by atoms with van der Waals surface area (Å²) < 4.78 is 23.7. The summed E-state index contributed by atoms with van der Waals surface area (Å²) in [4.78, 5) is 34.7. The molecule has 0 bridgehead atoms. The zero-order chi connectivity index (χ0) is 22.7. The molecule has 1 aromatic carbocycles. The minimum atomic E-state index is -1.04. The Hall–Kier alpha value is -2.79. The van der Waals surface area contributed by atoms with Gasteiger partial charge in [-0.1, -0.05) is 35.0 Å². The van der Waals surface area contributed by atoms with Crippen molar-refractivity contribution in [2.24, 2.45) is 0 Å². The van der Waals surface area contributed by atoms with Crippen LogP contribution in [0.2, 0.25) is 0 Å². The molecule has 3 rings (SSSR count). The largest absolute Gasteiger partial charge is 0.463 e. The minimum Gasteiger partial charge on any atom is -0.463 e. The number of nitrogens with zero attached hydrogens (tertiary/aromatic N) is 3. The first kappa shape index (κ1) is 22.9. The van der Waals surface area contributed by atoms with E-state index in [1.807, 2.05) is 31.2 Å². The molecule has 31 heavy (non-hydrogen) atoms. The average molecular weight is 496 g/mol. The number of halogens is 1. The Morgan fingerprint density at radius 3 is 2.23 bits per heavy atom. The van der Waals surface area contributed by atoms with Gasteiger partial charge < -0.3 is 18.9 Å². The van der Waals surface area contributed by atoms with E-state index < -0.39 is 42.4 Å². The molecule has 0 spiro atoms. The molecule has 0 N–H and O–H groups in total. The van der Waals surface area contributed by atoms with Crippen LogP contribution in [0, 0.1) is 6.92 Å². The van der Waals surface area contributed by atoms with Crippen LogP contribution in [-0.4, -0.2) is 57.8 Å². The summed E-state index contributed by atoms with van der Waals surface area (Å²) in [5.41, 5.74) is 2.47. The highest BCUT2D eigenvalue weighted by Crippen LogP contribution is 2.37. The highest BCUT2D eigenvalue weighted by atomic mass is 79.9. The van der Waals surface area contributed by atoms with Gasteiger partial charge in [-0.05, 0) is 22.9 Å². The third kappa shape index (κ3) is 5.28. The highest BCUT2D eigenvalue weighted by molar-refractivity contribution is 9.10. The minimum absolute atomic E-state index is 0.196. The van der Waals surface area contributed by atoms with E-state index in [1.165, 1.54) is 25.5 Å². The molecule has 2 heterocycles. The van der Waals surface area contributed by atoms with Crippen molar-refractivity contribution < 1.29 is 33.3 Å². The van der Waals surface area contributed by atoms with E-state index in [9.17, 15) is 14.4 Å². The summed E-state index contributed by atoms with van der Waals surface area (Å²) >= 11 is 3.49. The maximum absolute atomic E-state index is 11.8. The van der Waals surface area contributed by atoms with Gasteiger partial charge in [0.1, 0.15) is 23.0 Å². The zero-order valence-corrected chi connectivity index (χ0v) is 19.0. The van der Waals surface area contributed by atoms with Crippen molar-refractivity contribution in [3.63, 3.8) is 0 Å². The lowest BCUT2D eigenvalue weighted by Gasteiger charge is -2.23. The van der Waals surface area contributed by atoms with Gasteiger partial charge in [-0.25, -0.2) is 4.68 Å². The maximum Gasteiger partial charge on any atom is 0.303 e. The molecule has 0 saturated carbocycles. The molecule has 4 atom stereocenters. The predicted molar refractivity (Wildman–Crippen MR) is 110 cm³/mol. The van der Waals surface area contributed by atoms with E-state index in [0.717, 1.165) is 11.1 Å². The number of aromatic nitrogens is 3. The topological polar surface area (TPSA) is 119 Å². The maximum atomic E-state index is 11.8. The van der Waals surface area contributed by atoms with Gasteiger partial charge in [0.2, 0.25) is 0 Å². The molecule has 166 valence electrons. The summed E-state index contributed by atoms with van der Waals surface area (Å²) in [6.45, 7) is 5.48. The number of rotatable bonds is 6. The SMILES string of the molecule is CC(=O)OC[C@H]1O[C@@H](n2nnc(-c3ccc(C)cc3)c2Br)[C@H](OC(C)=O)[C@@H]1OC(C)=O. The first-order valence-electron chi connectivity index (χ1n) is 9.48. The monoisotopic (exact) mass is 495 g/mol. The summed E-state index contributed by atoms with van der Waals surface area (Å²) in [6, 6.07) is 7.69. The molecule has 2 aromatic rings. The van der Waals surface area contributed by atoms with Crippen LogP contribution in [0.5, 0.6) is 0 Å². The quantitative estimate of drug-likeness (QED) is 0.439. The van der Waals surface area contributed by atoms with Crippen molar-refractivity contribution in [2.75, 3.05) is 6.61 Å². The first-order chi connectivity index (χ1) is 14.7. The van der Waals surface area contributed by atoms with E-state index in [0.29, 0.717) is 10.3 Å². The Morgan fingerprint density at radius 1 is 1.03 bits per heavy atom. The van der Waals surface area contributed by atoms with E-state index in [1.54, 1.807) is 0 Å². The highest BCUT2D eigenvalue weighted by Gasteiger charge is 2.51. The lowest BCUT2D eigenvalue weighted by atomic mass is 10.1. The molecule has 1 fully saturated rings. The average Bonchev–Trinajstić information content (AvgIpc) is 3.21. The van der Waals surface area contributed by atoms with Gasteiger partial charge in [-0.15, -0.1) is 5.10 Å². The molecule has 0 radical (unpaired) electrons. The molecule has 0 amide bonds. The molecule has 10 nitrogen and oxygen atoms in total. The van der Waals surface area contributed by atoms with Gasteiger partial charge in [-0.2, -0.15) is 0 Å². The van der Waals surface area contributed by atoms with Crippen LogP contribution in [0.1, 0.15) is 32.6 Å². The fourth-order valence-electron chi connectivity index (χ4n) is 3.22. The summed E-state index contributed by atoms with van der Waals surface area (Å²) in [5.74, 6) is -1.72. The van der Waals surface area contributed by atoms with Crippen LogP contribution in [0.4, 0.5) is 0 Å². The number of aryl methyl sites for hydroxylation is 1. The van der Waals surface area contributed by atoms with Crippen LogP contribution < -0.4 is 0 Å². The van der Waals surface area contributed by atoms with E-state index in [2.05, 4.69) is 26.2 Å². The fraction of sp³-hybridized carbons (Fsp3) is 0.450. The smallest absolute Gasteiger partial charge is 0.303 e. The second kappa shape index (κ2) is 9.56. The normalized spacial score (nSPS) is 22.7. The number of carbonyl (C=O) groups is 3. The number of carbonyl (C=O) groups excluding carboxylic acids is 3. The van der Waals surface area contributed by atoms with Crippen LogP contribution in [0.15, 0.2) is 28.9 Å². The van der Waals surface area contributed by atoms with E-state index >= 15 is 0 Å². The van der Waals surface area contributed by atoms with Crippen molar-refractivity contribution in [1.29, 1.82) is 0 Å². The number of ether oxygens (including phenoxy) is 4. The van der Waals surface area contributed by atoms with Gasteiger partial charge in [0.15, 0.2) is 18.4 Å². The van der Waals surface area contributed by atoms with Gasteiger partial charge >= 0.3 is 17.9 Å². The number of benzene rings is 1. The Balaban J connectivity index is 1.97. The van der Waals surface area contributed by atoms with Crippen molar-refractivity contribution in [3.05, 3.63) is 34.4 Å². The third-order valence-corrected chi connectivity index (χ3v) is 5.28. The zero-order valence-electron chi connectivity index (χ0n) is 17.4.